The Balaban J connectivity index is 0. The fraction of sp³-hybridized carbons (Fsp3) is 0.586. The van der Waals surface area contributed by atoms with Gasteiger partial charge < -0.3 is 5.11 Å². The molecule has 0 aliphatic heterocycles. The van der Waals surface area contributed by atoms with Crippen LogP contribution in [0.25, 0.3) is 0 Å². The van der Waals surface area contributed by atoms with Crippen molar-refractivity contribution in [1.82, 2.24) is 0 Å². The van der Waals surface area contributed by atoms with Crippen LogP contribution in [0.2, 0.25) is 0 Å². The highest BCUT2D eigenvalue weighted by Crippen LogP contribution is 2.27. The molecule has 0 spiro atoms. The molecule has 172 valence electrons. The zero-order valence-electron chi connectivity index (χ0n) is 21.1. The van der Waals surface area contributed by atoms with E-state index in [2.05, 4.69) is 74.8 Å². The Hall–Kier alpha value is -1.76. The van der Waals surface area contributed by atoms with Crippen LogP contribution < -0.4 is 0 Å². The fourth-order valence-electron chi connectivity index (χ4n) is 2.80. The highest BCUT2D eigenvalue weighted by atomic mass is 16.3. The van der Waals surface area contributed by atoms with Crippen molar-refractivity contribution >= 4 is 0 Å². The lowest BCUT2D eigenvalue weighted by molar-refractivity contribution is 0.301. The quantitative estimate of drug-likeness (QED) is 0.221. The van der Waals surface area contributed by atoms with E-state index in [9.17, 15) is 0 Å². The SMILES string of the molecule is C=C(O)/C=C\C(=C)C(=C)/C=C\C(=C)C(C)CCC(C)C(C)CCC(C)CC.CCC. The van der Waals surface area contributed by atoms with Gasteiger partial charge in [-0.25, -0.2) is 0 Å². The summed E-state index contributed by atoms with van der Waals surface area (Å²) in [6, 6.07) is 0. The maximum absolute atomic E-state index is 9.11. The summed E-state index contributed by atoms with van der Waals surface area (Å²) in [5, 5.41) is 9.11. The molecule has 1 N–H and O–H groups in total. The summed E-state index contributed by atoms with van der Waals surface area (Å²) < 4.78 is 0. The number of rotatable bonds is 14. The average Bonchev–Trinajstić information content (AvgIpc) is 2.71. The molecule has 4 unspecified atom stereocenters. The second kappa shape index (κ2) is 18.0. The molecule has 0 aromatic rings. The number of allylic oxidation sites excluding steroid dienone is 7. The van der Waals surface area contributed by atoms with Crippen LogP contribution in [0.1, 0.15) is 87.0 Å². The highest BCUT2D eigenvalue weighted by Gasteiger charge is 2.15. The van der Waals surface area contributed by atoms with Crippen LogP contribution in [0.3, 0.4) is 0 Å². The summed E-state index contributed by atoms with van der Waals surface area (Å²) >= 11 is 0. The molecule has 30 heavy (non-hydrogen) atoms. The van der Waals surface area contributed by atoms with Crippen molar-refractivity contribution < 1.29 is 5.11 Å². The van der Waals surface area contributed by atoms with E-state index in [1.54, 1.807) is 6.08 Å². The van der Waals surface area contributed by atoms with Gasteiger partial charge in [0.05, 0.1) is 0 Å². The molecule has 0 aromatic heterocycles. The van der Waals surface area contributed by atoms with E-state index in [1.807, 2.05) is 12.2 Å². The molecule has 0 amide bonds. The van der Waals surface area contributed by atoms with E-state index in [0.29, 0.717) is 5.92 Å². The summed E-state index contributed by atoms with van der Waals surface area (Å²) in [5.41, 5.74) is 2.69. The first-order valence-corrected chi connectivity index (χ1v) is 11.8. The van der Waals surface area contributed by atoms with Gasteiger partial charge in [0, 0.05) is 0 Å². The molecule has 0 saturated carbocycles. The predicted octanol–water partition coefficient (Wildman–Crippen LogP) is 9.77. The first kappa shape index (κ1) is 30.4. The molecule has 0 aromatic carbocycles. The van der Waals surface area contributed by atoms with Crippen molar-refractivity contribution in [2.45, 2.75) is 87.0 Å². The lowest BCUT2D eigenvalue weighted by Gasteiger charge is -2.23. The van der Waals surface area contributed by atoms with Crippen molar-refractivity contribution in [3.05, 3.63) is 73.1 Å². The van der Waals surface area contributed by atoms with Gasteiger partial charge in [0.2, 0.25) is 0 Å². The highest BCUT2D eigenvalue weighted by molar-refractivity contribution is 5.45. The molecule has 0 heterocycles. The first-order chi connectivity index (χ1) is 14.0. The van der Waals surface area contributed by atoms with Crippen LogP contribution >= 0.6 is 0 Å². The Kier molecular flexibility index (Phi) is 18.3. The van der Waals surface area contributed by atoms with Gasteiger partial charge in [0.1, 0.15) is 5.76 Å². The summed E-state index contributed by atoms with van der Waals surface area (Å²) in [7, 11) is 0. The summed E-state index contributed by atoms with van der Waals surface area (Å²) in [6.45, 7) is 31.5. The van der Waals surface area contributed by atoms with Gasteiger partial charge in [0.15, 0.2) is 0 Å². The molecule has 1 heteroatoms. The third-order valence-electron chi connectivity index (χ3n) is 5.86. The average molecular weight is 415 g/mol. The van der Waals surface area contributed by atoms with Crippen LogP contribution in [-0.2, 0) is 0 Å². The van der Waals surface area contributed by atoms with Crippen LogP contribution in [0.5, 0.6) is 0 Å². The molecule has 1 nitrogen and oxygen atoms in total. The molecule has 0 saturated heterocycles. The maximum atomic E-state index is 9.11. The number of aliphatic hydroxyl groups is 1. The molecule has 0 fully saturated rings. The Bertz CT molecular complexity index is 575. The minimum absolute atomic E-state index is 0.0125. The lowest BCUT2D eigenvalue weighted by atomic mass is 9.83. The Morgan fingerprint density at radius 1 is 0.700 bits per heavy atom. The minimum atomic E-state index is 0.0125. The molecule has 0 bridgehead atoms. The fourth-order valence-corrected chi connectivity index (χ4v) is 2.80. The summed E-state index contributed by atoms with van der Waals surface area (Å²) in [5.74, 6) is 2.85. The molecule has 0 radical (unpaired) electrons. The maximum Gasteiger partial charge on any atom is 0.108 e. The van der Waals surface area contributed by atoms with Crippen LogP contribution in [0.4, 0.5) is 0 Å². The van der Waals surface area contributed by atoms with Gasteiger partial charge in [-0.15, -0.1) is 0 Å². The monoisotopic (exact) mass is 414 g/mol. The van der Waals surface area contributed by atoms with Gasteiger partial charge >= 0.3 is 0 Å². The van der Waals surface area contributed by atoms with E-state index in [4.69, 9.17) is 5.11 Å². The topological polar surface area (TPSA) is 20.2 Å². The van der Waals surface area contributed by atoms with Gasteiger partial charge in [0.25, 0.3) is 0 Å². The zero-order chi connectivity index (χ0) is 23.7. The van der Waals surface area contributed by atoms with Gasteiger partial charge in [-0.2, -0.15) is 0 Å². The van der Waals surface area contributed by atoms with Crippen molar-refractivity contribution in [2.24, 2.45) is 23.7 Å². The summed E-state index contributed by atoms with van der Waals surface area (Å²) in [6.07, 6.45) is 14.8. The van der Waals surface area contributed by atoms with E-state index < -0.39 is 0 Å². The van der Waals surface area contributed by atoms with E-state index >= 15 is 0 Å². The number of aliphatic hydroxyl groups excluding tert-OH is 1. The largest absolute Gasteiger partial charge is 0.509 e. The molecule has 0 rings (SSSR count). The minimum Gasteiger partial charge on any atom is -0.509 e. The number of hydrogen-bond acceptors (Lipinski definition) is 1. The van der Waals surface area contributed by atoms with Crippen molar-refractivity contribution in [2.75, 3.05) is 0 Å². The normalized spacial score (nSPS) is 15.2. The van der Waals surface area contributed by atoms with E-state index in [0.717, 1.165) is 40.9 Å². The van der Waals surface area contributed by atoms with Gasteiger partial charge in [-0.1, -0.05) is 124 Å². The van der Waals surface area contributed by atoms with Crippen molar-refractivity contribution in [3.8, 4) is 0 Å². The Morgan fingerprint density at radius 3 is 1.57 bits per heavy atom. The molecule has 0 aliphatic rings. The van der Waals surface area contributed by atoms with E-state index in [-0.39, 0.29) is 5.76 Å². The third-order valence-corrected chi connectivity index (χ3v) is 5.86. The Labute approximate surface area is 189 Å². The van der Waals surface area contributed by atoms with Gasteiger partial charge in [-0.3, -0.25) is 0 Å². The zero-order valence-corrected chi connectivity index (χ0v) is 21.1. The lowest BCUT2D eigenvalue weighted by Crippen LogP contribution is -2.11. The molecule has 4 atom stereocenters. The van der Waals surface area contributed by atoms with Crippen LogP contribution in [-0.4, -0.2) is 5.11 Å². The standard InChI is InChI=1S/C26H42O.C3H8/c1-10-19(2)11-12-20(3)21(4)13-14-22(5)23(6)15-16-24(7)25(8)17-18-26(9)27;1-3-2/h15-22,27H,6-14H2,1-5H3;3H2,1-2H3/b16-15-,18-17-;. The predicted molar refractivity (Wildman–Crippen MR) is 139 cm³/mol. The number of hydrogen-bond donors (Lipinski definition) is 1. The molecular weight excluding hydrogens is 364 g/mol. The Morgan fingerprint density at radius 2 is 1.13 bits per heavy atom. The van der Waals surface area contributed by atoms with Crippen LogP contribution in [0.15, 0.2) is 73.1 Å². The van der Waals surface area contributed by atoms with Crippen LogP contribution in [0, 0.1) is 23.7 Å². The molecular formula is C29H50O. The third kappa shape index (κ3) is 16.1. The second-order valence-corrected chi connectivity index (χ2v) is 9.01. The second-order valence-electron chi connectivity index (χ2n) is 9.01. The van der Waals surface area contributed by atoms with Crippen molar-refractivity contribution in [3.63, 3.8) is 0 Å². The van der Waals surface area contributed by atoms with Crippen molar-refractivity contribution in [1.29, 1.82) is 0 Å². The molecule has 0 aliphatic carbocycles. The van der Waals surface area contributed by atoms with Gasteiger partial charge in [-0.05, 0) is 53.7 Å². The van der Waals surface area contributed by atoms with E-state index in [1.165, 1.54) is 38.2 Å². The summed E-state index contributed by atoms with van der Waals surface area (Å²) in [4.78, 5) is 0. The smallest absolute Gasteiger partial charge is 0.108 e. The first-order valence-electron chi connectivity index (χ1n) is 11.8.